The van der Waals surface area contributed by atoms with E-state index in [2.05, 4.69) is 12.1 Å². The molecule has 0 unspecified atom stereocenters. The van der Waals surface area contributed by atoms with Gasteiger partial charge in [-0.25, -0.2) is 4.79 Å². The van der Waals surface area contributed by atoms with E-state index in [-0.39, 0.29) is 0 Å². The van der Waals surface area contributed by atoms with E-state index in [0.29, 0.717) is 0 Å². The van der Waals surface area contributed by atoms with Crippen molar-refractivity contribution in [3.05, 3.63) is 48.0 Å². The molecule has 1 heterocycles. The summed E-state index contributed by atoms with van der Waals surface area (Å²) in [5.41, 5.74) is 1.29. The fourth-order valence-electron chi connectivity index (χ4n) is 2.35. The summed E-state index contributed by atoms with van der Waals surface area (Å²) in [4.78, 5) is 11.7. The fraction of sp³-hybridized carbons (Fsp3) is 0.471. The average molecular weight is 290 g/mol. The van der Waals surface area contributed by atoms with E-state index in [9.17, 15) is 4.79 Å². The molecule has 0 amide bonds. The number of methoxy groups -OCH3 is 1. The topological polar surface area (TPSA) is 44.8 Å². The highest BCUT2D eigenvalue weighted by molar-refractivity contribution is 5.76. The van der Waals surface area contributed by atoms with Gasteiger partial charge in [-0.05, 0) is 32.3 Å². The Kier molecular flexibility index (Phi) is 5.15. The molecule has 1 aromatic rings. The van der Waals surface area contributed by atoms with Crippen molar-refractivity contribution >= 4 is 5.97 Å². The molecule has 1 saturated heterocycles. The van der Waals surface area contributed by atoms with Gasteiger partial charge < -0.3 is 14.2 Å². The van der Waals surface area contributed by atoms with Crippen LogP contribution in [0.4, 0.5) is 0 Å². The van der Waals surface area contributed by atoms with Gasteiger partial charge in [-0.2, -0.15) is 0 Å². The lowest BCUT2D eigenvalue weighted by molar-refractivity contribution is -0.167. The van der Waals surface area contributed by atoms with Gasteiger partial charge in [-0.3, -0.25) is 0 Å². The second kappa shape index (κ2) is 6.87. The van der Waals surface area contributed by atoms with E-state index in [4.69, 9.17) is 14.2 Å². The van der Waals surface area contributed by atoms with E-state index < -0.39 is 24.0 Å². The van der Waals surface area contributed by atoms with E-state index in [1.807, 2.05) is 30.4 Å². The maximum atomic E-state index is 11.7. The van der Waals surface area contributed by atoms with Crippen molar-refractivity contribution in [1.29, 1.82) is 0 Å². The predicted molar refractivity (Wildman–Crippen MR) is 79.7 cm³/mol. The maximum Gasteiger partial charge on any atom is 0.338 e. The number of benzene rings is 1. The van der Waals surface area contributed by atoms with Gasteiger partial charge in [-0.15, -0.1) is 0 Å². The number of ether oxygens (including phenoxy) is 3. The molecule has 0 radical (unpaired) electrons. The Labute approximate surface area is 125 Å². The number of carbonyl (C=O) groups excluding carboxylic acids is 1. The van der Waals surface area contributed by atoms with Gasteiger partial charge in [0.2, 0.25) is 0 Å². The van der Waals surface area contributed by atoms with E-state index in [0.717, 1.165) is 12.8 Å². The molecule has 4 heteroatoms. The number of esters is 1. The Morgan fingerprint density at radius 1 is 1.29 bits per heavy atom. The first kappa shape index (κ1) is 15.7. The molecule has 1 fully saturated rings. The number of allylic oxidation sites excluding steroid dienone is 1. The normalized spacial score (nSPS) is 24.3. The van der Waals surface area contributed by atoms with Crippen LogP contribution >= 0.6 is 0 Å². The van der Waals surface area contributed by atoms with Crippen LogP contribution in [0, 0.1) is 0 Å². The van der Waals surface area contributed by atoms with Crippen molar-refractivity contribution in [2.24, 2.45) is 0 Å². The zero-order valence-electron chi connectivity index (χ0n) is 12.7. The molecule has 1 aromatic carbocycles. The van der Waals surface area contributed by atoms with Gasteiger partial charge >= 0.3 is 5.97 Å². The lowest BCUT2D eigenvalue weighted by atomic mass is 10.1. The fourth-order valence-corrected chi connectivity index (χ4v) is 2.35. The standard InChI is InChI=1S/C17H22O4/c1-17(2)20-14(15(21-17)16(18)19-3)12-8-7-11-13-9-5-4-6-10-13/h4-6,8-10,12,14-15H,7,11H2,1-3H3/b12-8+/t14-,15-/m1/s1. The summed E-state index contributed by atoms with van der Waals surface area (Å²) < 4.78 is 16.1. The number of rotatable bonds is 5. The summed E-state index contributed by atoms with van der Waals surface area (Å²) in [6, 6.07) is 10.3. The molecule has 2 rings (SSSR count). The first-order valence-corrected chi connectivity index (χ1v) is 7.16. The molecule has 1 aliphatic rings. The molecule has 4 nitrogen and oxygen atoms in total. The zero-order valence-corrected chi connectivity index (χ0v) is 12.7. The summed E-state index contributed by atoms with van der Waals surface area (Å²) in [5, 5.41) is 0. The molecule has 0 bridgehead atoms. The van der Waals surface area contributed by atoms with Gasteiger partial charge in [0.15, 0.2) is 11.9 Å². The third-order valence-electron chi connectivity index (χ3n) is 3.33. The Hall–Kier alpha value is -1.65. The minimum Gasteiger partial charge on any atom is -0.467 e. The van der Waals surface area contributed by atoms with Crippen LogP contribution < -0.4 is 0 Å². The van der Waals surface area contributed by atoms with Crippen molar-refractivity contribution in [2.75, 3.05) is 7.11 Å². The first-order chi connectivity index (χ1) is 10.0. The quantitative estimate of drug-likeness (QED) is 0.618. The summed E-state index contributed by atoms with van der Waals surface area (Å²) in [6.07, 6.45) is 4.66. The summed E-state index contributed by atoms with van der Waals surface area (Å²) in [5.74, 6) is -1.17. The third kappa shape index (κ3) is 4.41. The van der Waals surface area contributed by atoms with Crippen LogP contribution in [-0.2, 0) is 25.4 Å². The summed E-state index contributed by atoms with van der Waals surface area (Å²) in [7, 11) is 1.35. The van der Waals surface area contributed by atoms with Crippen LogP contribution in [0.5, 0.6) is 0 Å². The van der Waals surface area contributed by atoms with Gasteiger partial charge in [0.05, 0.1) is 7.11 Å². The van der Waals surface area contributed by atoms with Crippen LogP contribution in [-0.4, -0.2) is 31.1 Å². The SMILES string of the molecule is COC(=O)[C@@H]1OC(C)(C)O[C@@H]1/C=C/CCc1ccccc1. The first-order valence-electron chi connectivity index (χ1n) is 7.16. The third-order valence-corrected chi connectivity index (χ3v) is 3.33. The molecular formula is C17H22O4. The Morgan fingerprint density at radius 2 is 2.00 bits per heavy atom. The van der Waals surface area contributed by atoms with Crippen molar-refractivity contribution in [3.63, 3.8) is 0 Å². The maximum absolute atomic E-state index is 11.7. The second-order valence-electron chi connectivity index (χ2n) is 5.50. The molecule has 0 N–H and O–H groups in total. The molecule has 0 saturated carbocycles. The van der Waals surface area contributed by atoms with Crippen LogP contribution in [0.3, 0.4) is 0 Å². The lowest BCUT2D eigenvalue weighted by Crippen LogP contribution is -2.31. The van der Waals surface area contributed by atoms with Crippen molar-refractivity contribution in [2.45, 2.75) is 44.7 Å². The Bertz CT molecular complexity index is 493. The van der Waals surface area contributed by atoms with Crippen LogP contribution in [0.1, 0.15) is 25.8 Å². The number of carbonyl (C=O) groups is 1. The monoisotopic (exact) mass is 290 g/mol. The molecule has 0 spiro atoms. The van der Waals surface area contributed by atoms with Crippen LogP contribution in [0.15, 0.2) is 42.5 Å². The van der Waals surface area contributed by atoms with Crippen molar-refractivity contribution in [1.82, 2.24) is 0 Å². The number of hydrogen-bond donors (Lipinski definition) is 0. The molecular weight excluding hydrogens is 268 g/mol. The van der Waals surface area contributed by atoms with Gasteiger partial charge in [0, 0.05) is 0 Å². The van der Waals surface area contributed by atoms with Crippen LogP contribution in [0.2, 0.25) is 0 Å². The molecule has 21 heavy (non-hydrogen) atoms. The summed E-state index contributed by atoms with van der Waals surface area (Å²) in [6.45, 7) is 3.58. The Balaban J connectivity index is 1.90. The van der Waals surface area contributed by atoms with E-state index >= 15 is 0 Å². The largest absolute Gasteiger partial charge is 0.467 e. The van der Waals surface area contributed by atoms with Crippen LogP contribution in [0.25, 0.3) is 0 Å². The highest BCUT2D eigenvalue weighted by atomic mass is 16.8. The van der Waals surface area contributed by atoms with Crippen molar-refractivity contribution in [3.8, 4) is 0 Å². The van der Waals surface area contributed by atoms with E-state index in [1.54, 1.807) is 13.8 Å². The molecule has 114 valence electrons. The average Bonchev–Trinajstić information content (AvgIpc) is 2.79. The number of hydrogen-bond acceptors (Lipinski definition) is 4. The molecule has 1 aliphatic heterocycles. The van der Waals surface area contributed by atoms with Crippen molar-refractivity contribution < 1.29 is 19.0 Å². The van der Waals surface area contributed by atoms with Gasteiger partial charge in [-0.1, -0.05) is 42.5 Å². The number of aryl methyl sites for hydroxylation is 1. The predicted octanol–water partition coefficient (Wildman–Crippen LogP) is 2.87. The molecule has 0 aromatic heterocycles. The lowest BCUT2D eigenvalue weighted by Gasteiger charge is -2.15. The Morgan fingerprint density at radius 3 is 2.67 bits per heavy atom. The second-order valence-corrected chi connectivity index (χ2v) is 5.50. The molecule has 0 aliphatic carbocycles. The zero-order chi connectivity index (χ0) is 15.3. The highest BCUT2D eigenvalue weighted by Gasteiger charge is 2.44. The van der Waals surface area contributed by atoms with Gasteiger partial charge in [0.25, 0.3) is 0 Å². The smallest absolute Gasteiger partial charge is 0.338 e. The molecule has 2 atom stereocenters. The summed E-state index contributed by atoms with van der Waals surface area (Å²) >= 11 is 0. The minimum absolute atomic E-state index is 0.400. The minimum atomic E-state index is -0.771. The highest BCUT2D eigenvalue weighted by Crippen LogP contribution is 2.29. The van der Waals surface area contributed by atoms with Gasteiger partial charge in [0.1, 0.15) is 6.10 Å². The van der Waals surface area contributed by atoms with E-state index in [1.165, 1.54) is 12.7 Å².